The summed E-state index contributed by atoms with van der Waals surface area (Å²) in [5.41, 5.74) is 1.64. The van der Waals surface area contributed by atoms with Gasteiger partial charge in [-0.2, -0.15) is 0 Å². The fourth-order valence-corrected chi connectivity index (χ4v) is 3.52. The molecule has 2 aliphatic rings. The summed E-state index contributed by atoms with van der Waals surface area (Å²) in [5, 5.41) is 0.593. The second-order valence-electron chi connectivity index (χ2n) is 6.91. The summed E-state index contributed by atoms with van der Waals surface area (Å²) < 4.78 is 11.0. The molecule has 0 radical (unpaired) electrons. The maximum atomic E-state index is 13.1. The van der Waals surface area contributed by atoms with E-state index in [0.29, 0.717) is 74.3 Å². The van der Waals surface area contributed by atoms with Gasteiger partial charge in [0, 0.05) is 37.9 Å². The van der Waals surface area contributed by atoms with E-state index in [-0.39, 0.29) is 11.8 Å². The second-order valence-corrected chi connectivity index (χ2v) is 7.35. The number of unbranched alkanes of at least 4 members (excludes halogenated alkanes) is 1. The van der Waals surface area contributed by atoms with Gasteiger partial charge in [-0.25, -0.2) is 0 Å². The molecule has 0 bridgehead atoms. The van der Waals surface area contributed by atoms with Gasteiger partial charge in [0.2, 0.25) is 0 Å². The lowest BCUT2D eigenvalue weighted by atomic mass is 10.0. The molecular formula is C21H27ClN2O4. The molecule has 6 nitrogen and oxygen atoms in total. The van der Waals surface area contributed by atoms with Crippen LogP contribution in [0, 0.1) is 0 Å². The predicted molar refractivity (Wildman–Crippen MR) is 108 cm³/mol. The van der Waals surface area contributed by atoms with E-state index in [1.807, 2.05) is 4.90 Å². The van der Waals surface area contributed by atoms with Crippen LogP contribution < -0.4 is 0 Å². The standard InChI is InChI=1S/C21H27ClN2O4/c1-2-3-12-27-13-4-9-24-20(25)18(16-5-7-17(22)8-6-16)19(21(24)26)23-10-14-28-15-11-23/h5-8H,2-4,9-15H2,1H3. The highest BCUT2D eigenvalue weighted by molar-refractivity contribution is 6.36. The average Bonchev–Trinajstić information content (AvgIpc) is 2.96. The monoisotopic (exact) mass is 406 g/mol. The van der Waals surface area contributed by atoms with E-state index in [4.69, 9.17) is 21.1 Å². The number of amides is 2. The fraction of sp³-hybridized carbons (Fsp3) is 0.524. The van der Waals surface area contributed by atoms with Gasteiger partial charge in [-0.15, -0.1) is 0 Å². The summed E-state index contributed by atoms with van der Waals surface area (Å²) in [4.78, 5) is 29.6. The van der Waals surface area contributed by atoms with Crippen LogP contribution in [0.25, 0.3) is 5.57 Å². The molecule has 0 N–H and O–H groups in total. The number of carbonyl (C=O) groups is 2. The van der Waals surface area contributed by atoms with Crippen molar-refractivity contribution in [2.24, 2.45) is 0 Å². The Balaban J connectivity index is 1.77. The third kappa shape index (κ3) is 4.74. The summed E-state index contributed by atoms with van der Waals surface area (Å²) in [6, 6.07) is 7.06. The van der Waals surface area contributed by atoms with Gasteiger partial charge in [-0.3, -0.25) is 14.5 Å². The maximum Gasteiger partial charge on any atom is 0.277 e. The first-order valence-electron chi connectivity index (χ1n) is 9.90. The highest BCUT2D eigenvalue weighted by atomic mass is 35.5. The third-order valence-electron chi connectivity index (χ3n) is 4.92. The minimum atomic E-state index is -0.248. The molecule has 0 atom stereocenters. The van der Waals surface area contributed by atoms with Crippen molar-refractivity contribution in [1.82, 2.24) is 9.80 Å². The van der Waals surface area contributed by atoms with Crippen LogP contribution in [0.15, 0.2) is 30.0 Å². The van der Waals surface area contributed by atoms with Gasteiger partial charge < -0.3 is 14.4 Å². The number of nitrogens with zero attached hydrogens (tertiary/aromatic N) is 2. The molecule has 0 unspecified atom stereocenters. The molecule has 0 saturated carbocycles. The largest absolute Gasteiger partial charge is 0.381 e. The van der Waals surface area contributed by atoms with Crippen LogP contribution in [0.2, 0.25) is 5.02 Å². The lowest BCUT2D eigenvalue weighted by Crippen LogP contribution is -2.40. The molecular weight excluding hydrogens is 380 g/mol. The van der Waals surface area contributed by atoms with Crippen LogP contribution >= 0.6 is 11.6 Å². The van der Waals surface area contributed by atoms with E-state index < -0.39 is 0 Å². The minimum absolute atomic E-state index is 0.231. The first kappa shape index (κ1) is 20.8. The topological polar surface area (TPSA) is 59.1 Å². The summed E-state index contributed by atoms with van der Waals surface area (Å²) in [6.45, 7) is 6.01. The molecule has 28 heavy (non-hydrogen) atoms. The van der Waals surface area contributed by atoms with E-state index in [2.05, 4.69) is 6.92 Å². The quantitative estimate of drug-likeness (QED) is 0.466. The van der Waals surface area contributed by atoms with Gasteiger partial charge in [0.1, 0.15) is 5.70 Å². The first-order chi connectivity index (χ1) is 13.6. The summed E-state index contributed by atoms with van der Waals surface area (Å²) in [6.07, 6.45) is 2.73. The van der Waals surface area contributed by atoms with Gasteiger partial charge in [0.05, 0.1) is 18.8 Å². The zero-order valence-corrected chi connectivity index (χ0v) is 17.0. The molecule has 0 aromatic heterocycles. The van der Waals surface area contributed by atoms with Gasteiger partial charge >= 0.3 is 0 Å². The Hall–Kier alpha value is -1.89. The SMILES string of the molecule is CCCCOCCCN1C(=O)C(c2ccc(Cl)cc2)=C(N2CCOCC2)C1=O. The Labute approximate surface area is 171 Å². The van der Waals surface area contributed by atoms with Crippen molar-refractivity contribution >= 4 is 29.0 Å². The number of morpholine rings is 1. The Bertz CT molecular complexity index is 726. The molecule has 1 saturated heterocycles. The van der Waals surface area contributed by atoms with E-state index in [1.165, 1.54) is 4.90 Å². The van der Waals surface area contributed by atoms with Crippen molar-refractivity contribution in [2.45, 2.75) is 26.2 Å². The van der Waals surface area contributed by atoms with Gasteiger partial charge in [0.25, 0.3) is 11.8 Å². The number of rotatable bonds is 9. The molecule has 2 amide bonds. The molecule has 2 heterocycles. The number of imide groups is 1. The van der Waals surface area contributed by atoms with Crippen molar-refractivity contribution in [2.75, 3.05) is 46.1 Å². The van der Waals surface area contributed by atoms with E-state index in [0.717, 1.165) is 12.8 Å². The zero-order chi connectivity index (χ0) is 19.9. The van der Waals surface area contributed by atoms with E-state index >= 15 is 0 Å². The second kappa shape index (κ2) is 10.0. The average molecular weight is 407 g/mol. The Morgan fingerprint density at radius 1 is 1.04 bits per heavy atom. The van der Waals surface area contributed by atoms with Gasteiger partial charge in [-0.05, 0) is 30.5 Å². The maximum absolute atomic E-state index is 13.1. The molecule has 152 valence electrons. The van der Waals surface area contributed by atoms with Crippen LogP contribution in [0.5, 0.6) is 0 Å². The van der Waals surface area contributed by atoms with Crippen molar-refractivity contribution in [3.63, 3.8) is 0 Å². The van der Waals surface area contributed by atoms with Crippen molar-refractivity contribution in [3.05, 3.63) is 40.5 Å². The Morgan fingerprint density at radius 2 is 1.71 bits per heavy atom. The lowest BCUT2D eigenvalue weighted by molar-refractivity contribution is -0.138. The Morgan fingerprint density at radius 3 is 2.39 bits per heavy atom. The predicted octanol–water partition coefficient (Wildman–Crippen LogP) is 2.96. The van der Waals surface area contributed by atoms with Crippen LogP contribution in [0.1, 0.15) is 31.7 Å². The van der Waals surface area contributed by atoms with Crippen LogP contribution in [0.4, 0.5) is 0 Å². The molecule has 1 fully saturated rings. The molecule has 2 aliphatic heterocycles. The highest BCUT2D eigenvalue weighted by Gasteiger charge is 2.41. The number of carbonyl (C=O) groups excluding carboxylic acids is 2. The van der Waals surface area contributed by atoms with Gasteiger partial charge in [0.15, 0.2) is 0 Å². The van der Waals surface area contributed by atoms with E-state index in [1.54, 1.807) is 24.3 Å². The molecule has 7 heteroatoms. The molecule has 0 aliphatic carbocycles. The van der Waals surface area contributed by atoms with Crippen molar-refractivity contribution in [3.8, 4) is 0 Å². The molecule has 3 rings (SSSR count). The summed E-state index contributed by atoms with van der Waals surface area (Å²) in [7, 11) is 0. The fourth-order valence-electron chi connectivity index (χ4n) is 3.40. The zero-order valence-electron chi connectivity index (χ0n) is 16.3. The normalized spacial score (nSPS) is 17.8. The molecule has 0 spiro atoms. The third-order valence-corrected chi connectivity index (χ3v) is 5.17. The number of halogens is 1. The number of ether oxygens (including phenoxy) is 2. The summed E-state index contributed by atoms with van der Waals surface area (Å²) >= 11 is 6.00. The molecule has 1 aromatic rings. The van der Waals surface area contributed by atoms with Gasteiger partial charge in [-0.1, -0.05) is 37.1 Å². The minimum Gasteiger partial charge on any atom is -0.381 e. The van der Waals surface area contributed by atoms with Crippen LogP contribution in [-0.2, 0) is 19.1 Å². The number of benzene rings is 1. The molecule has 1 aromatic carbocycles. The van der Waals surface area contributed by atoms with Crippen molar-refractivity contribution in [1.29, 1.82) is 0 Å². The van der Waals surface area contributed by atoms with E-state index in [9.17, 15) is 9.59 Å². The first-order valence-corrected chi connectivity index (χ1v) is 10.3. The smallest absolute Gasteiger partial charge is 0.277 e. The number of hydrogen-bond donors (Lipinski definition) is 0. The Kier molecular flexibility index (Phi) is 7.48. The van der Waals surface area contributed by atoms with Crippen LogP contribution in [-0.4, -0.2) is 67.7 Å². The highest BCUT2D eigenvalue weighted by Crippen LogP contribution is 2.32. The van der Waals surface area contributed by atoms with Crippen LogP contribution in [0.3, 0.4) is 0 Å². The summed E-state index contributed by atoms with van der Waals surface area (Å²) in [5.74, 6) is -0.479. The number of hydrogen-bond acceptors (Lipinski definition) is 5. The lowest BCUT2D eigenvalue weighted by Gasteiger charge is -2.29. The van der Waals surface area contributed by atoms with Crippen molar-refractivity contribution < 1.29 is 19.1 Å².